The fraction of sp³-hybridized carbons (Fsp3) is 0.786. The summed E-state index contributed by atoms with van der Waals surface area (Å²) >= 11 is 0. The molecule has 1 aromatic rings. The van der Waals surface area contributed by atoms with Gasteiger partial charge in [0.1, 0.15) is 0 Å². The van der Waals surface area contributed by atoms with Gasteiger partial charge < -0.3 is 15.5 Å². The molecular formula is C14H24N6. The fourth-order valence-corrected chi connectivity index (χ4v) is 3.60. The summed E-state index contributed by atoms with van der Waals surface area (Å²) in [4.78, 5) is 15.1. The summed E-state index contributed by atoms with van der Waals surface area (Å²) in [5, 5.41) is 6.40. The Morgan fingerprint density at radius 2 is 1.90 bits per heavy atom. The van der Waals surface area contributed by atoms with Gasteiger partial charge in [0.2, 0.25) is 17.8 Å². The molecule has 1 aromatic heterocycles. The molecule has 0 spiro atoms. The van der Waals surface area contributed by atoms with E-state index in [0.29, 0.717) is 17.8 Å². The van der Waals surface area contributed by atoms with Crippen LogP contribution in [0.4, 0.5) is 17.8 Å². The minimum Gasteiger partial charge on any atom is -0.357 e. The molecular weight excluding hydrogens is 252 g/mol. The number of nitrogens with zero attached hydrogens (tertiary/aromatic N) is 4. The van der Waals surface area contributed by atoms with Crippen molar-refractivity contribution in [2.24, 2.45) is 17.8 Å². The van der Waals surface area contributed by atoms with E-state index < -0.39 is 0 Å². The van der Waals surface area contributed by atoms with Crippen molar-refractivity contribution in [2.75, 3.05) is 43.2 Å². The molecule has 3 atom stereocenters. The summed E-state index contributed by atoms with van der Waals surface area (Å²) in [7, 11) is 5.71. The molecule has 2 aliphatic carbocycles. The van der Waals surface area contributed by atoms with E-state index >= 15 is 0 Å². The van der Waals surface area contributed by atoms with Crippen LogP contribution in [0.2, 0.25) is 0 Å². The number of hydrogen-bond donors (Lipinski definition) is 2. The highest BCUT2D eigenvalue weighted by Gasteiger charge is 2.39. The molecule has 3 rings (SSSR count). The highest BCUT2D eigenvalue weighted by molar-refractivity contribution is 5.42. The quantitative estimate of drug-likeness (QED) is 0.855. The van der Waals surface area contributed by atoms with Gasteiger partial charge in [-0.1, -0.05) is 6.42 Å². The lowest BCUT2D eigenvalue weighted by Crippen LogP contribution is -2.22. The predicted molar refractivity (Wildman–Crippen MR) is 81.1 cm³/mol. The molecule has 6 nitrogen and oxygen atoms in total. The Morgan fingerprint density at radius 1 is 1.10 bits per heavy atom. The molecule has 0 amide bonds. The summed E-state index contributed by atoms with van der Waals surface area (Å²) in [6, 6.07) is 0. The van der Waals surface area contributed by atoms with E-state index in [-0.39, 0.29) is 0 Å². The van der Waals surface area contributed by atoms with Crippen LogP contribution in [0.5, 0.6) is 0 Å². The first kappa shape index (κ1) is 13.4. The summed E-state index contributed by atoms with van der Waals surface area (Å²) in [5.74, 6) is 4.67. The molecule has 0 radical (unpaired) electrons. The van der Waals surface area contributed by atoms with Gasteiger partial charge in [0.15, 0.2) is 0 Å². The number of nitrogens with one attached hydrogen (secondary N) is 2. The molecule has 20 heavy (non-hydrogen) atoms. The van der Waals surface area contributed by atoms with E-state index in [1.165, 1.54) is 25.7 Å². The fourth-order valence-electron chi connectivity index (χ4n) is 3.60. The molecule has 0 aliphatic heterocycles. The predicted octanol–water partition coefficient (Wildman–Crippen LogP) is 1.83. The second kappa shape index (κ2) is 5.42. The average Bonchev–Trinajstić information content (AvgIpc) is 3.07. The van der Waals surface area contributed by atoms with Crippen LogP contribution >= 0.6 is 0 Å². The van der Waals surface area contributed by atoms with E-state index in [9.17, 15) is 0 Å². The summed E-state index contributed by atoms with van der Waals surface area (Å²) in [5.41, 5.74) is 0. The molecule has 2 aliphatic rings. The van der Waals surface area contributed by atoms with Crippen LogP contribution in [0.3, 0.4) is 0 Å². The van der Waals surface area contributed by atoms with Gasteiger partial charge in [0.05, 0.1) is 0 Å². The number of rotatable bonds is 5. The monoisotopic (exact) mass is 276 g/mol. The third-order valence-corrected chi connectivity index (χ3v) is 4.65. The zero-order chi connectivity index (χ0) is 14.1. The highest BCUT2D eigenvalue weighted by atomic mass is 15.3. The van der Waals surface area contributed by atoms with Crippen LogP contribution < -0.4 is 15.5 Å². The standard InChI is InChI=1S/C14H24N6/c1-15-12-17-13(19-14(18-12)20(2)3)16-8-11-7-9-4-5-10(11)6-9/h9-11H,4-8H2,1-3H3,(H2,15,16,17,18,19). The van der Waals surface area contributed by atoms with Crippen molar-refractivity contribution in [1.82, 2.24) is 15.0 Å². The lowest BCUT2D eigenvalue weighted by atomic mass is 9.89. The second-order valence-electron chi connectivity index (χ2n) is 6.24. The Morgan fingerprint density at radius 3 is 2.50 bits per heavy atom. The smallest absolute Gasteiger partial charge is 0.231 e. The van der Waals surface area contributed by atoms with Crippen LogP contribution in [0.15, 0.2) is 0 Å². The van der Waals surface area contributed by atoms with Gasteiger partial charge in [-0.25, -0.2) is 0 Å². The molecule has 2 N–H and O–H groups in total. The molecule has 110 valence electrons. The number of hydrogen-bond acceptors (Lipinski definition) is 6. The maximum Gasteiger partial charge on any atom is 0.231 e. The zero-order valence-electron chi connectivity index (χ0n) is 12.6. The Hall–Kier alpha value is -1.59. The summed E-state index contributed by atoms with van der Waals surface area (Å²) in [6.45, 7) is 0.987. The third-order valence-electron chi connectivity index (χ3n) is 4.65. The maximum atomic E-state index is 4.46. The van der Waals surface area contributed by atoms with E-state index in [0.717, 1.165) is 24.3 Å². The number of aromatic nitrogens is 3. The van der Waals surface area contributed by atoms with Crippen molar-refractivity contribution >= 4 is 17.8 Å². The normalized spacial score (nSPS) is 27.6. The third kappa shape index (κ3) is 2.64. The lowest BCUT2D eigenvalue weighted by Gasteiger charge is -2.22. The molecule has 6 heteroatoms. The molecule has 0 saturated heterocycles. The number of fused-ring (bicyclic) bond motifs is 2. The van der Waals surface area contributed by atoms with Crippen molar-refractivity contribution in [1.29, 1.82) is 0 Å². The Labute approximate surface area is 120 Å². The van der Waals surface area contributed by atoms with Gasteiger partial charge in [-0.2, -0.15) is 15.0 Å². The van der Waals surface area contributed by atoms with Gasteiger partial charge in [-0.3, -0.25) is 0 Å². The van der Waals surface area contributed by atoms with Crippen molar-refractivity contribution < 1.29 is 0 Å². The first-order chi connectivity index (χ1) is 9.65. The minimum atomic E-state index is 0.610. The van der Waals surface area contributed by atoms with Crippen LogP contribution in [0.1, 0.15) is 25.7 Å². The molecule has 2 fully saturated rings. The summed E-state index contributed by atoms with van der Waals surface area (Å²) < 4.78 is 0. The van der Waals surface area contributed by atoms with Gasteiger partial charge in [0.25, 0.3) is 0 Å². The van der Waals surface area contributed by atoms with Gasteiger partial charge in [0, 0.05) is 27.7 Å². The van der Waals surface area contributed by atoms with Crippen molar-refractivity contribution in [3.8, 4) is 0 Å². The molecule has 2 bridgehead atoms. The lowest BCUT2D eigenvalue weighted by molar-refractivity contribution is 0.348. The largest absolute Gasteiger partial charge is 0.357 e. The van der Waals surface area contributed by atoms with Crippen LogP contribution in [-0.4, -0.2) is 42.6 Å². The minimum absolute atomic E-state index is 0.610. The Bertz CT molecular complexity index is 475. The van der Waals surface area contributed by atoms with Crippen LogP contribution in [0, 0.1) is 17.8 Å². The maximum absolute atomic E-state index is 4.46. The van der Waals surface area contributed by atoms with Crippen LogP contribution in [0.25, 0.3) is 0 Å². The second-order valence-corrected chi connectivity index (χ2v) is 6.24. The summed E-state index contributed by atoms with van der Waals surface area (Å²) in [6.07, 6.45) is 5.68. The van der Waals surface area contributed by atoms with E-state index in [1.54, 1.807) is 0 Å². The van der Waals surface area contributed by atoms with Crippen molar-refractivity contribution in [3.63, 3.8) is 0 Å². The van der Waals surface area contributed by atoms with Gasteiger partial charge in [-0.05, 0) is 37.0 Å². The highest BCUT2D eigenvalue weighted by Crippen LogP contribution is 2.48. The molecule has 2 saturated carbocycles. The average molecular weight is 276 g/mol. The Kier molecular flexibility index (Phi) is 3.63. The van der Waals surface area contributed by atoms with Gasteiger partial charge >= 0.3 is 0 Å². The van der Waals surface area contributed by atoms with E-state index in [4.69, 9.17) is 0 Å². The topological polar surface area (TPSA) is 66.0 Å². The van der Waals surface area contributed by atoms with Crippen LogP contribution in [-0.2, 0) is 0 Å². The van der Waals surface area contributed by atoms with E-state index in [1.807, 2.05) is 26.0 Å². The zero-order valence-corrected chi connectivity index (χ0v) is 12.6. The first-order valence-corrected chi connectivity index (χ1v) is 7.50. The SMILES string of the molecule is CNc1nc(NCC2CC3CCC2C3)nc(N(C)C)n1. The first-order valence-electron chi connectivity index (χ1n) is 7.50. The Balaban J connectivity index is 1.66. The van der Waals surface area contributed by atoms with Gasteiger partial charge in [-0.15, -0.1) is 0 Å². The molecule has 3 unspecified atom stereocenters. The number of anilines is 3. The van der Waals surface area contributed by atoms with Crippen molar-refractivity contribution in [3.05, 3.63) is 0 Å². The van der Waals surface area contributed by atoms with Crippen molar-refractivity contribution in [2.45, 2.75) is 25.7 Å². The van der Waals surface area contributed by atoms with E-state index in [2.05, 4.69) is 25.6 Å². The molecule has 1 heterocycles. The molecule has 0 aromatic carbocycles.